The molecule has 0 rings (SSSR count). The Bertz CT molecular complexity index is 192. The summed E-state index contributed by atoms with van der Waals surface area (Å²) in [6.07, 6.45) is 0. The molecule has 0 aromatic carbocycles. The van der Waals surface area contributed by atoms with Gasteiger partial charge < -0.3 is 9.80 Å². The third-order valence-electron chi connectivity index (χ3n) is 4.20. The predicted molar refractivity (Wildman–Crippen MR) is 82.3 cm³/mol. The molecule has 2 unspecified atom stereocenters. The molecule has 0 saturated carbocycles. The SMILES string of the molecule is CCN(CC)CC(C)N(CC)CC(C)N(C)CC. The molecule has 0 saturated heterocycles. The van der Waals surface area contributed by atoms with Crippen molar-refractivity contribution >= 4 is 0 Å². The van der Waals surface area contributed by atoms with E-state index < -0.39 is 0 Å². The quantitative estimate of drug-likeness (QED) is 0.595. The molecule has 0 aromatic rings. The van der Waals surface area contributed by atoms with Crippen molar-refractivity contribution in [3.8, 4) is 0 Å². The van der Waals surface area contributed by atoms with Gasteiger partial charge in [-0.2, -0.15) is 0 Å². The van der Waals surface area contributed by atoms with Crippen LogP contribution in [0.2, 0.25) is 0 Å². The molecule has 0 amide bonds. The molecule has 18 heavy (non-hydrogen) atoms. The summed E-state index contributed by atoms with van der Waals surface area (Å²) >= 11 is 0. The van der Waals surface area contributed by atoms with E-state index in [4.69, 9.17) is 0 Å². The summed E-state index contributed by atoms with van der Waals surface area (Å²) < 4.78 is 0. The Morgan fingerprint density at radius 1 is 0.722 bits per heavy atom. The topological polar surface area (TPSA) is 9.72 Å². The lowest BCUT2D eigenvalue weighted by atomic mass is 10.2. The van der Waals surface area contributed by atoms with Crippen LogP contribution >= 0.6 is 0 Å². The van der Waals surface area contributed by atoms with Crippen molar-refractivity contribution in [3.05, 3.63) is 0 Å². The monoisotopic (exact) mass is 257 g/mol. The summed E-state index contributed by atoms with van der Waals surface area (Å²) in [5.41, 5.74) is 0. The van der Waals surface area contributed by atoms with Crippen molar-refractivity contribution in [1.82, 2.24) is 14.7 Å². The molecule has 0 radical (unpaired) electrons. The van der Waals surface area contributed by atoms with Crippen molar-refractivity contribution < 1.29 is 0 Å². The van der Waals surface area contributed by atoms with Crippen LogP contribution in [-0.4, -0.2) is 73.1 Å². The van der Waals surface area contributed by atoms with E-state index >= 15 is 0 Å². The lowest BCUT2D eigenvalue weighted by molar-refractivity contribution is 0.122. The standard InChI is InChI=1S/C15H35N3/c1-8-16(7)14(5)13-18(11-4)15(6)12-17(9-2)10-3/h14-15H,8-13H2,1-7H3. The van der Waals surface area contributed by atoms with Crippen molar-refractivity contribution in [2.45, 2.75) is 53.6 Å². The van der Waals surface area contributed by atoms with Crippen LogP contribution in [0.1, 0.15) is 41.5 Å². The number of hydrogen-bond donors (Lipinski definition) is 0. The van der Waals surface area contributed by atoms with Crippen molar-refractivity contribution in [3.63, 3.8) is 0 Å². The zero-order valence-electron chi connectivity index (χ0n) is 13.7. The van der Waals surface area contributed by atoms with E-state index in [0.29, 0.717) is 12.1 Å². The molecular weight excluding hydrogens is 222 g/mol. The highest BCUT2D eigenvalue weighted by atomic mass is 15.2. The van der Waals surface area contributed by atoms with Gasteiger partial charge in [0.1, 0.15) is 0 Å². The summed E-state index contributed by atoms with van der Waals surface area (Å²) in [5, 5.41) is 0. The van der Waals surface area contributed by atoms with E-state index in [9.17, 15) is 0 Å². The molecule has 0 aliphatic rings. The number of likely N-dealkylation sites (N-methyl/N-ethyl adjacent to an activating group) is 3. The van der Waals surface area contributed by atoms with E-state index in [1.54, 1.807) is 0 Å². The van der Waals surface area contributed by atoms with Crippen LogP contribution in [0.15, 0.2) is 0 Å². The highest BCUT2D eigenvalue weighted by Gasteiger charge is 2.18. The Morgan fingerprint density at radius 3 is 1.67 bits per heavy atom. The molecule has 0 aromatic heterocycles. The third-order valence-corrected chi connectivity index (χ3v) is 4.20. The van der Waals surface area contributed by atoms with E-state index in [2.05, 4.69) is 63.3 Å². The third kappa shape index (κ3) is 6.17. The zero-order chi connectivity index (χ0) is 14.1. The van der Waals surface area contributed by atoms with Gasteiger partial charge >= 0.3 is 0 Å². The number of rotatable bonds is 10. The van der Waals surface area contributed by atoms with Crippen molar-refractivity contribution in [1.29, 1.82) is 0 Å². The summed E-state index contributed by atoms with van der Waals surface area (Å²) in [6, 6.07) is 1.27. The Labute approximate surface area is 115 Å². The van der Waals surface area contributed by atoms with Crippen LogP contribution in [0.25, 0.3) is 0 Å². The fourth-order valence-electron chi connectivity index (χ4n) is 2.38. The van der Waals surface area contributed by atoms with Gasteiger partial charge in [-0.25, -0.2) is 0 Å². The molecule has 0 spiro atoms. The summed E-state index contributed by atoms with van der Waals surface area (Å²) in [4.78, 5) is 7.55. The molecule has 0 heterocycles. The first-order valence-corrected chi connectivity index (χ1v) is 7.66. The molecule has 3 nitrogen and oxygen atoms in total. The molecule has 0 fully saturated rings. The van der Waals surface area contributed by atoms with Crippen LogP contribution in [0, 0.1) is 0 Å². The Hall–Kier alpha value is -0.120. The first-order chi connectivity index (χ1) is 8.49. The van der Waals surface area contributed by atoms with E-state index in [1.807, 2.05) is 0 Å². The van der Waals surface area contributed by atoms with Crippen LogP contribution < -0.4 is 0 Å². The highest BCUT2D eigenvalue weighted by molar-refractivity contribution is 4.75. The largest absolute Gasteiger partial charge is 0.303 e. The lowest BCUT2D eigenvalue weighted by Gasteiger charge is -2.35. The van der Waals surface area contributed by atoms with Gasteiger partial charge in [0.15, 0.2) is 0 Å². The number of nitrogens with zero attached hydrogens (tertiary/aromatic N) is 3. The molecular formula is C15H35N3. The van der Waals surface area contributed by atoms with Crippen LogP contribution in [0.5, 0.6) is 0 Å². The van der Waals surface area contributed by atoms with Gasteiger partial charge in [0, 0.05) is 25.2 Å². The minimum absolute atomic E-state index is 0.633. The first-order valence-electron chi connectivity index (χ1n) is 7.66. The smallest absolute Gasteiger partial charge is 0.0195 e. The van der Waals surface area contributed by atoms with Gasteiger partial charge in [-0.05, 0) is 47.1 Å². The summed E-state index contributed by atoms with van der Waals surface area (Å²) in [6.45, 7) is 20.6. The molecule has 2 atom stereocenters. The maximum atomic E-state index is 2.61. The van der Waals surface area contributed by atoms with Crippen molar-refractivity contribution in [2.24, 2.45) is 0 Å². The van der Waals surface area contributed by atoms with Gasteiger partial charge in [0.25, 0.3) is 0 Å². The van der Waals surface area contributed by atoms with Crippen molar-refractivity contribution in [2.75, 3.05) is 46.3 Å². The molecule has 0 aliphatic heterocycles. The van der Waals surface area contributed by atoms with Gasteiger partial charge in [-0.1, -0.05) is 27.7 Å². The van der Waals surface area contributed by atoms with Gasteiger partial charge in [-0.3, -0.25) is 4.90 Å². The highest BCUT2D eigenvalue weighted by Crippen LogP contribution is 2.06. The average molecular weight is 257 g/mol. The molecule has 3 heteroatoms. The molecule has 0 N–H and O–H groups in total. The van der Waals surface area contributed by atoms with Gasteiger partial charge in [0.2, 0.25) is 0 Å². The summed E-state index contributed by atoms with van der Waals surface area (Å²) in [7, 11) is 2.22. The molecule has 110 valence electrons. The Morgan fingerprint density at radius 2 is 1.28 bits per heavy atom. The van der Waals surface area contributed by atoms with E-state index in [0.717, 1.165) is 26.2 Å². The molecule has 0 aliphatic carbocycles. The normalized spacial score (nSPS) is 15.7. The zero-order valence-corrected chi connectivity index (χ0v) is 13.7. The fourth-order valence-corrected chi connectivity index (χ4v) is 2.38. The van der Waals surface area contributed by atoms with Gasteiger partial charge in [-0.15, -0.1) is 0 Å². The van der Waals surface area contributed by atoms with Crippen LogP contribution in [0.3, 0.4) is 0 Å². The second-order valence-electron chi connectivity index (χ2n) is 5.34. The maximum Gasteiger partial charge on any atom is 0.0195 e. The minimum atomic E-state index is 0.633. The Kier molecular flexibility index (Phi) is 9.70. The van der Waals surface area contributed by atoms with Crippen LogP contribution in [0.4, 0.5) is 0 Å². The van der Waals surface area contributed by atoms with E-state index in [-0.39, 0.29) is 0 Å². The fraction of sp³-hybridized carbons (Fsp3) is 1.00. The minimum Gasteiger partial charge on any atom is -0.303 e. The maximum absolute atomic E-state index is 2.61. The second-order valence-corrected chi connectivity index (χ2v) is 5.34. The number of hydrogen-bond acceptors (Lipinski definition) is 3. The first kappa shape index (κ1) is 17.9. The molecule has 0 bridgehead atoms. The lowest BCUT2D eigenvalue weighted by Crippen LogP contribution is -2.47. The van der Waals surface area contributed by atoms with Gasteiger partial charge in [0.05, 0.1) is 0 Å². The van der Waals surface area contributed by atoms with E-state index in [1.165, 1.54) is 13.1 Å². The average Bonchev–Trinajstić information content (AvgIpc) is 2.40. The summed E-state index contributed by atoms with van der Waals surface area (Å²) in [5.74, 6) is 0. The predicted octanol–water partition coefficient (Wildman–Crippen LogP) is 2.38. The van der Waals surface area contributed by atoms with Crippen LogP contribution in [-0.2, 0) is 0 Å². The second kappa shape index (κ2) is 9.76. The Balaban J connectivity index is 4.30.